The zero-order valence-electron chi connectivity index (χ0n) is 19.7. The Bertz CT molecular complexity index is 1550. The predicted molar refractivity (Wildman–Crippen MR) is 151 cm³/mol. The third kappa shape index (κ3) is 5.68. The highest BCUT2D eigenvalue weighted by atomic mass is 79.9. The number of rotatable bonds is 7. The molecule has 0 spiro atoms. The normalized spacial score (nSPS) is 10.8. The monoisotopic (exact) mass is 576 g/mol. The van der Waals surface area contributed by atoms with Crippen molar-refractivity contribution in [3.05, 3.63) is 100 Å². The molecule has 0 fully saturated rings. The minimum absolute atomic E-state index is 0.327. The second kappa shape index (κ2) is 10.9. The summed E-state index contributed by atoms with van der Waals surface area (Å²) in [5.41, 5.74) is 4.64. The Morgan fingerprint density at radius 1 is 1.00 bits per heavy atom. The van der Waals surface area contributed by atoms with Gasteiger partial charge in [-0.15, -0.1) is 0 Å². The molecular weight excluding hydrogens is 556 g/mol. The largest absolute Gasteiger partial charge is 0.497 e. The molecule has 0 unspecified atom stereocenters. The number of halogens is 2. The first-order valence-corrected chi connectivity index (χ1v) is 12.5. The summed E-state index contributed by atoms with van der Waals surface area (Å²) in [6, 6.07) is 23.9. The molecule has 5 aromatic rings. The molecule has 0 aliphatic heterocycles. The van der Waals surface area contributed by atoms with Crippen molar-refractivity contribution < 1.29 is 9.53 Å². The summed E-state index contributed by atoms with van der Waals surface area (Å²) in [5, 5.41) is 14.1. The van der Waals surface area contributed by atoms with Crippen LogP contribution in [-0.4, -0.2) is 27.7 Å². The molecule has 0 aliphatic rings. The molecular formula is C27H22BrClN6O2. The average Bonchev–Trinajstić information content (AvgIpc) is 3.29. The molecule has 8 nitrogen and oxygen atoms in total. The van der Waals surface area contributed by atoms with E-state index in [4.69, 9.17) is 21.3 Å². The van der Waals surface area contributed by atoms with Crippen LogP contribution >= 0.6 is 27.5 Å². The second-order valence-electron chi connectivity index (χ2n) is 8.09. The number of fused-ring (bicyclic) bond motifs is 1. The number of anilines is 3. The molecule has 2 heterocycles. The number of amides is 2. The van der Waals surface area contributed by atoms with E-state index in [1.165, 1.54) is 0 Å². The minimum atomic E-state index is -0.327. The van der Waals surface area contributed by atoms with Crippen LogP contribution in [0.25, 0.3) is 16.9 Å². The van der Waals surface area contributed by atoms with Crippen LogP contribution in [0.15, 0.2) is 89.5 Å². The Morgan fingerprint density at radius 2 is 1.68 bits per heavy atom. The van der Waals surface area contributed by atoms with Gasteiger partial charge in [-0.3, -0.25) is 0 Å². The quantitative estimate of drug-likeness (QED) is 0.192. The number of benzene rings is 3. The van der Waals surface area contributed by atoms with Crippen LogP contribution in [0, 0.1) is 0 Å². The lowest BCUT2D eigenvalue weighted by Gasteiger charge is -2.12. The molecule has 0 bridgehead atoms. The first-order valence-electron chi connectivity index (χ1n) is 11.3. The zero-order chi connectivity index (χ0) is 25.8. The molecule has 37 heavy (non-hydrogen) atoms. The van der Waals surface area contributed by atoms with Crippen molar-refractivity contribution in [1.82, 2.24) is 14.6 Å². The highest BCUT2D eigenvalue weighted by Gasteiger charge is 2.13. The summed E-state index contributed by atoms with van der Waals surface area (Å²) < 4.78 is 7.66. The zero-order valence-corrected chi connectivity index (χ0v) is 22.0. The molecule has 10 heteroatoms. The van der Waals surface area contributed by atoms with E-state index in [2.05, 4.69) is 37.0 Å². The van der Waals surface area contributed by atoms with Gasteiger partial charge in [0, 0.05) is 34.6 Å². The van der Waals surface area contributed by atoms with Crippen molar-refractivity contribution in [2.24, 2.45) is 0 Å². The van der Waals surface area contributed by atoms with Crippen molar-refractivity contribution in [2.75, 3.05) is 23.1 Å². The van der Waals surface area contributed by atoms with Crippen molar-refractivity contribution >= 4 is 56.4 Å². The highest BCUT2D eigenvalue weighted by molar-refractivity contribution is 9.10. The van der Waals surface area contributed by atoms with Crippen molar-refractivity contribution in [2.45, 2.75) is 6.54 Å². The maximum Gasteiger partial charge on any atom is 0.323 e. The predicted octanol–water partition coefficient (Wildman–Crippen LogP) is 7.08. The van der Waals surface area contributed by atoms with Crippen molar-refractivity contribution in [1.29, 1.82) is 0 Å². The molecule has 2 aromatic heterocycles. The van der Waals surface area contributed by atoms with Crippen LogP contribution in [0.4, 0.5) is 22.0 Å². The van der Waals surface area contributed by atoms with Gasteiger partial charge >= 0.3 is 6.03 Å². The Morgan fingerprint density at radius 3 is 2.35 bits per heavy atom. The number of hydrogen-bond acceptors (Lipinski definition) is 5. The third-order valence-corrected chi connectivity index (χ3v) is 6.50. The lowest BCUT2D eigenvalue weighted by Crippen LogP contribution is -2.19. The average molecular weight is 578 g/mol. The van der Waals surface area contributed by atoms with Crippen LogP contribution < -0.4 is 20.7 Å². The maximum absolute atomic E-state index is 12.3. The minimum Gasteiger partial charge on any atom is -0.497 e. The van der Waals surface area contributed by atoms with E-state index in [0.717, 1.165) is 32.9 Å². The fraction of sp³-hybridized carbons (Fsp3) is 0.0741. The van der Waals surface area contributed by atoms with Gasteiger partial charge in [-0.25, -0.2) is 9.78 Å². The molecule has 2 amide bonds. The van der Waals surface area contributed by atoms with Gasteiger partial charge in [-0.05, 0) is 64.0 Å². The third-order valence-electron chi connectivity index (χ3n) is 5.61. The number of methoxy groups -OCH3 is 1. The van der Waals surface area contributed by atoms with E-state index in [-0.39, 0.29) is 6.03 Å². The van der Waals surface area contributed by atoms with Crippen LogP contribution in [0.5, 0.6) is 5.75 Å². The lowest BCUT2D eigenvalue weighted by molar-refractivity contribution is 0.262. The van der Waals surface area contributed by atoms with E-state index >= 15 is 0 Å². The Balaban J connectivity index is 1.27. The molecule has 5 rings (SSSR count). The molecule has 0 atom stereocenters. The van der Waals surface area contributed by atoms with Gasteiger partial charge < -0.3 is 20.7 Å². The van der Waals surface area contributed by atoms with Crippen LogP contribution in [0.1, 0.15) is 5.56 Å². The molecule has 186 valence electrons. The van der Waals surface area contributed by atoms with Crippen molar-refractivity contribution in [3.8, 4) is 17.0 Å². The van der Waals surface area contributed by atoms with Crippen LogP contribution in [0.2, 0.25) is 5.02 Å². The molecule has 0 radical (unpaired) electrons. The summed E-state index contributed by atoms with van der Waals surface area (Å²) in [5.74, 6) is 1.50. The van der Waals surface area contributed by atoms with Gasteiger partial charge in [0.05, 0.1) is 23.5 Å². The van der Waals surface area contributed by atoms with E-state index in [9.17, 15) is 4.79 Å². The summed E-state index contributed by atoms with van der Waals surface area (Å²) in [6.07, 6.45) is 1.71. The molecule has 3 aromatic carbocycles. The summed E-state index contributed by atoms with van der Waals surface area (Å²) >= 11 is 9.95. The molecule has 0 aliphatic carbocycles. The van der Waals surface area contributed by atoms with Gasteiger partial charge in [-0.2, -0.15) is 9.61 Å². The number of urea groups is 1. The number of ether oxygens (including phenoxy) is 1. The Kier molecular flexibility index (Phi) is 7.25. The molecule has 0 saturated heterocycles. The number of aromatic nitrogens is 3. The topological polar surface area (TPSA) is 92.6 Å². The highest BCUT2D eigenvalue weighted by Crippen LogP contribution is 2.30. The fourth-order valence-corrected chi connectivity index (χ4v) is 4.32. The first-order chi connectivity index (χ1) is 18.0. The van der Waals surface area contributed by atoms with E-state index < -0.39 is 0 Å². The number of nitrogens with one attached hydrogen (secondary N) is 3. The van der Waals surface area contributed by atoms with Gasteiger partial charge in [0.25, 0.3) is 0 Å². The van der Waals surface area contributed by atoms with Gasteiger partial charge in [0.2, 0.25) is 0 Å². The summed E-state index contributed by atoms with van der Waals surface area (Å²) in [7, 11) is 1.60. The number of carbonyl (C=O) groups is 1. The lowest BCUT2D eigenvalue weighted by atomic mass is 10.1. The molecule has 0 saturated carbocycles. The first kappa shape index (κ1) is 24.6. The van der Waals surface area contributed by atoms with Crippen LogP contribution in [-0.2, 0) is 6.54 Å². The van der Waals surface area contributed by atoms with E-state index in [0.29, 0.717) is 28.6 Å². The second-order valence-corrected chi connectivity index (χ2v) is 9.35. The molecule has 3 N–H and O–H groups in total. The summed E-state index contributed by atoms with van der Waals surface area (Å²) in [6.45, 7) is 0.539. The fourth-order valence-electron chi connectivity index (χ4n) is 3.74. The Hall–Kier alpha value is -4.08. The van der Waals surface area contributed by atoms with Crippen molar-refractivity contribution in [3.63, 3.8) is 0 Å². The Labute approximate surface area is 226 Å². The smallest absolute Gasteiger partial charge is 0.323 e. The van der Waals surface area contributed by atoms with Gasteiger partial charge in [-0.1, -0.05) is 41.9 Å². The van der Waals surface area contributed by atoms with E-state index in [1.54, 1.807) is 42.1 Å². The van der Waals surface area contributed by atoms with E-state index in [1.807, 2.05) is 54.6 Å². The standard InChI is InChI=1S/C27H22BrClN6O2/c1-37-20-12-10-19(11-13-20)33-27(36)32-18-8-6-17(7-9-18)15-30-25-14-24(21-4-2-3-5-23(21)29)34-26-22(28)16-31-35(25)26/h2-14,16,30H,15H2,1H3,(H2,32,33,36). The number of nitrogens with zero attached hydrogens (tertiary/aromatic N) is 3. The number of hydrogen-bond donors (Lipinski definition) is 3. The SMILES string of the molecule is COc1ccc(NC(=O)Nc2ccc(CNc3cc(-c4ccccc4Cl)nc4c(Br)cnn34)cc2)cc1. The van der Waals surface area contributed by atoms with Gasteiger partial charge in [0.1, 0.15) is 11.6 Å². The maximum atomic E-state index is 12.3. The van der Waals surface area contributed by atoms with Crippen LogP contribution in [0.3, 0.4) is 0 Å². The van der Waals surface area contributed by atoms with Gasteiger partial charge in [0.15, 0.2) is 5.65 Å². The summed E-state index contributed by atoms with van der Waals surface area (Å²) in [4.78, 5) is 17.1. The number of carbonyl (C=O) groups excluding carboxylic acids is 1.